The van der Waals surface area contributed by atoms with Gasteiger partial charge in [-0.3, -0.25) is 9.69 Å². The summed E-state index contributed by atoms with van der Waals surface area (Å²) in [6.07, 6.45) is 5.41. The van der Waals surface area contributed by atoms with Gasteiger partial charge in [-0.1, -0.05) is 30.7 Å². The van der Waals surface area contributed by atoms with Gasteiger partial charge in [-0.25, -0.2) is 0 Å². The maximum atomic E-state index is 12.7. The molecule has 2 aliphatic rings. The quantitative estimate of drug-likeness (QED) is 0.915. The Bertz CT molecular complexity index is 784. The minimum atomic E-state index is -0.101. The molecule has 0 saturated carbocycles. The standard InChI is InChI=1S/C20H27N5O/c1-15(13-24-12-10-16-7-4-5-8-17(16)14-24)21-20(26)19-23-22-18-9-3-2-6-11-25(18)19/h4-5,7-8,15H,2-3,6,9-14H2,1H3,(H,21,26). The molecule has 1 amide bonds. The minimum Gasteiger partial charge on any atom is -0.346 e. The summed E-state index contributed by atoms with van der Waals surface area (Å²) in [5.41, 5.74) is 2.85. The Hall–Kier alpha value is -2.21. The molecule has 0 saturated heterocycles. The Morgan fingerprint density at radius 3 is 2.85 bits per heavy atom. The third-order valence-electron chi connectivity index (χ3n) is 5.43. The van der Waals surface area contributed by atoms with Gasteiger partial charge in [0.1, 0.15) is 5.82 Å². The molecule has 26 heavy (non-hydrogen) atoms. The number of benzene rings is 1. The number of carbonyl (C=O) groups excluding carboxylic acids is 1. The van der Waals surface area contributed by atoms with Crippen molar-refractivity contribution >= 4 is 5.91 Å². The maximum Gasteiger partial charge on any atom is 0.289 e. The molecular weight excluding hydrogens is 326 g/mol. The van der Waals surface area contributed by atoms with Crippen molar-refractivity contribution in [3.05, 3.63) is 47.0 Å². The van der Waals surface area contributed by atoms with Crippen molar-refractivity contribution < 1.29 is 4.79 Å². The van der Waals surface area contributed by atoms with Gasteiger partial charge in [-0.2, -0.15) is 0 Å². The molecule has 1 aromatic carbocycles. The molecule has 138 valence electrons. The number of amides is 1. The molecule has 0 bridgehead atoms. The number of nitrogens with one attached hydrogen (secondary N) is 1. The summed E-state index contributed by atoms with van der Waals surface area (Å²) in [5.74, 6) is 1.32. The van der Waals surface area contributed by atoms with Gasteiger partial charge >= 0.3 is 0 Å². The van der Waals surface area contributed by atoms with Crippen LogP contribution in [0.5, 0.6) is 0 Å². The van der Waals surface area contributed by atoms with Crippen LogP contribution in [0, 0.1) is 0 Å². The van der Waals surface area contributed by atoms with Crippen LogP contribution >= 0.6 is 0 Å². The zero-order valence-corrected chi connectivity index (χ0v) is 15.4. The van der Waals surface area contributed by atoms with Crippen LogP contribution in [-0.2, 0) is 25.9 Å². The van der Waals surface area contributed by atoms with Gasteiger partial charge in [-0.15, -0.1) is 10.2 Å². The summed E-state index contributed by atoms with van der Waals surface area (Å²) in [7, 11) is 0. The second kappa shape index (κ2) is 7.58. The predicted octanol–water partition coefficient (Wildman–Crippen LogP) is 2.18. The molecule has 1 atom stereocenters. The SMILES string of the molecule is CC(CN1CCc2ccccc2C1)NC(=O)c1nnc2n1CCCCC2. The highest BCUT2D eigenvalue weighted by molar-refractivity contribution is 5.90. The van der Waals surface area contributed by atoms with Gasteiger partial charge in [0.05, 0.1) is 0 Å². The van der Waals surface area contributed by atoms with Gasteiger partial charge in [0.25, 0.3) is 5.91 Å². The summed E-state index contributed by atoms with van der Waals surface area (Å²) in [4.78, 5) is 15.1. The van der Waals surface area contributed by atoms with Gasteiger partial charge in [0.2, 0.25) is 5.82 Å². The number of fused-ring (bicyclic) bond motifs is 2. The monoisotopic (exact) mass is 353 g/mol. The van der Waals surface area contributed by atoms with Crippen LogP contribution in [0.25, 0.3) is 0 Å². The minimum absolute atomic E-state index is 0.0755. The number of hydrogen-bond acceptors (Lipinski definition) is 4. The largest absolute Gasteiger partial charge is 0.346 e. The zero-order valence-electron chi connectivity index (χ0n) is 15.4. The van der Waals surface area contributed by atoms with Crippen LogP contribution in [0.1, 0.15) is 53.8 Å². The molecule has 0 spiro atoms. The third-order valence-corrected chi connectivity index (χ3v) is 5.43. The molecule has 1 aromatic heterocycles. The van der Waals surface area contributed by atoms with Crippen molar-refractivity contribution in [1.82, 2.24) is 25.0 Å². The number of nitrogens with zero attached hydrogens (tertiary/aromatic N) is 4. The van der Waals surface area contributed by atoms with Crippen LogP contribution in [0.4, 0.5) is 0 Å². The van der Waals surface area contributed by atoms with Crippen molar-refractivity contribution in [3.8, 4) is 0 Å². The highest BCUT2D eigenvalue weighted by Crippen LogP contribution is 2.18. The number of aryl methyl sites for hydroxylation is 1. The van der Waals surface area contributed by atoms with Crippen LogP contribution in [-0.4, -0.2) is 44.7 Å². The van der Waals surface area contributed by atoms with E-state index in [0.29, 0.717) is 5.82 Å². The Morgan fingerprint density at radius 2 is 1.96 bits per heavy atom. The third kappa shape index (κ3) is 3.65. The number of rotatable bonds is 4. The van der Waals surface area contributed by atoms with Gasteiger partial charge < -0.3 is 9.88 Å². The molecule has 3 heterocycles. The van der Waals surface area contributed by atoms with E-state index in [1.807, 2.05) is 4.57 Å². The fourth-order valence-corrected chi connectivity index (χ4v) is 4.08. The lowest BCUT2D eigenvalue weighted by Gasteiger charge is -2.31. The topological polar surface area (TPSA) is 63.1 Å². The maximum absolute atomic E-state index is 12.7. The van der Waals surface area contributed by atoms with Crippen molar-refractivity contribution in [1.29, 1.82) is 0 Å². The first kappa shape index (κ1) is 17.2. The lowest BCUT2D eigenvalue weighted by atomic mass is 10.00. The summed E-state index contributed by atoms with van der Waals surface area (Å²) in [5, 5.41) is 11.5. The van der Waals surface area contributed by atoms with Crippen LogP contribution < -0.4 is 5.32 Å². The molecule has 4 rings (SSSR count). The molecule has 1 unspecified atom stereocenters. The number of hydrogen-bond donors (Lipinski definition) is 1. The molecule has 6 heteroatoms. The van der Waals surface area contributed by atoms with E-state index in [0.717, 1.165) is 57.7 Å². The molecule has 0 fully saturated rings. The van der Waals surface area contributed by atoms with E-state index in [4.69, 9.17) is 0 Å². The van der Waals surface area contributed by atoms with E-state index in [2.05, 4.69) is 51.6 Å². The molecule has 6 nitrogen and oxygen atoms in total. The van der Waals surface area contributed by atoms with E-state index in [1.54, 1.807) is 0 Å². The van der Waals surface area contributed by atoms with Crippen LogP contribution in [0.2, 0.25) is 0 Å². The number of aromatic nitrogens is 3. The van der Waals surface area contributed by atoms with Crippen LogP contribution in [0.15, 0.2) is 24.3 Å². The molecule has 2 aromatic rings. The first-order valence-electron chi connectivity index (χ1n) is 9.73. The second-order valence-corrected chi connectivity index (χ2v) is 7.53. The Labute approximate surface area is 154 Å². The van der Waals surface area contributed by atoms with Gasteiger partial charge in [-0.05, 0) is 37.3 Å². The second-order valence-electron chi connectivity index (χ2n) is 7.53. The zero-order chi connectivity index (χ0) is 17.9. The Morgan fingerprint density at radius 1 is 1.12 bits per heavy atom. The van der Waals surface area contributed by atoms with E-state index >= 15 is 0 Å². The Kier molecular flexibility index (Phi) is 5.02. The predicted molar refractivity (Wildman–Crippen MR) is 99.9 cm³/mol. The lowest BCUT2D eigenvalue weighted by molar-refractivity contribution is 0.0911. The molecule has 2 aliphatic heterocycles. The average molecular weight is 353 g/mol. The summed E-state index contributed by atoms with van der Waals surface area (Å²) in [6.45, 7) is 5.76. The molecule has 0 radical (unpaired) electrons. The summed E-state index contributed by atoms with van der Waals surface area (Å²) >= 11 is 0. The molecular formula is C20H27N5O. The van der Waals surface area contributed by atoms with E-state index < -0.39 is 0 Å². The fourth-order valence-electron chi connectivity index (χ4n) is 4.08. The number of carbonyl (C=O) groups is 1. The Balaban J connectivity index is 1.36. The first-order valence-corrected chi connectivity index (χ1v) is 9.73. The van der Waals surface area contributed by atoms with Gasteiger partial charge in [0.15, 0.2) is 0 Å². The van der Waals surface area contributed by atoms with Crippen LogP contribution in [0.3, 0.4) is 0 Å². The van der Waals surface area contributed by atoms with E-state index in [1.165, 1.54) is 17.5 Å². The van der Waals surface area contributed by atoms with Crippen molar-refractivity contribution in [2.75, 3.05) is 13.1 Å². The fraction of sp³-hybridized carbons (Fsp3) is 0.550. The van der Waals surface area contributed by atoms with Crippen molar-refractivity contribution in [2.24, 2.45) is 0 Å². The van der Waals surface area contributed by atoms with Crippen molar-refractivity contribution in [3.63, 3.8) is 0 Å². The smallest absolute Gasteiger partial charge is 0.289 e. The molecule has 0 aliphatic carbocycles. The van der Waals surface area contributed by atoms with Gasteiger partial charge in [0, 0.05) is 38.6 Å². The van der Waals surface area contributed by atoms with E-state index in [-0.39, 0.29) is 11.9 Å². The van der Waals surface area contributed by atoms with E-state index in [9.17, 15) is 4.79 Å². The average Bonchev–Trinajstić information content (AvgIpc) is 2.90. The molecule has 1 N–H and O–H groups in total. The normalized spacial score (nSPS) is 18.5. The van der Waals surface area contributed by atoms with Crippen molar-refractivity contribution in [2.45, 2.75) is 58.2 Å². The summed E-state index contributed by atoms with van der Waals surface area (Å²) in [6, 6.07) is 8.71. The highest BCUT2D eigenvalue weighted by atomic mass is 16.2. The lowest BCUT2D eigenvalue weighted by Crippen LogP contribution is -2.44. The highest BCUT2D eigenvalue weighted by Gasteiger charge is 2.23. The summed E-state index contributed by atoms with van der Waals surface area (Å²) < 4.78 is 2.01. The first-order chi connectivity index (χ1) is 12.7.